The van der Waals surface area contributed by atoms with Gasteiger partial charge in [-0.15, -0.1) is 0 Å². The van der Waals surface area contributed by atoms with Crippen molar-refractivity contribution in [1.29, 1.82) is 0 Å². The van der Waals surface area contributed by atoms with Gasteiger partial charge in [-0.25, -0.2) is 9.59 Å². The van der Waals surface area contributed by atoms with Crippen LogP contribution in [0.15, 0.2) is 42.5 Å². The highest BCUT2D eigenvalue weighted by Gasteiger charge is 2.05. The minimum Gasteiger partial charge on any atom is -0.478 e. The van der Waals surface area contributed by atoms with Gasteiger partial charge in [0.15, 0.2) is 0 Å². The predicted molar refractivity (Wildman–Crippen MR) is 72.7 cm³/mol. The van der Waals surface area contributed by atoms with Crippen molar-refractivity contribution in [2.75, 3.05) is 0 Å². The largest absolute Gasteiger partial charge is 0.478 e. The van der Waals surface area contributed by atoms with Crippen molar-refractivity contribution in [1.82, 2.24) is 0 Å². The molecule has 104 valence electrons. The SMILES string of the molecule is C=C(C)C(=O)O.CC(Cc1ccccc1)OC(N)=O. The first-order chi connectivity index (χ1) is 8.82. The summed E-state index contributed by atoms with van der Waals surface area (Å²) in [7, 11) is 0. The fourth-order valence-corrected chi connectivity index (χ4v) is 1.19. The number of primary amides is 1. The minimum atomic E-state index is -0.935. The number of carbonyl (C=O) groups excluding carboxylic acids is 1. The quantitative estimate of drug-likeness (QED) is 0.818. The van der Waals surface area contributed by atoms with Gasteiger partial charge >= 0.3 is 12.1 Å². The van der Waals surface area contributed by atoms with Gasteiger partial charge in [0.25, 0.3) is 0 Å². The van der Waals surface area contributed by atoms with Gasteiger partial charge in [0.1, 0.15) is 6.10 Å². The minimum absolute atomic E-state index is 0.167. The standard InChI is InChI=1S/C10H13NO2.C4H6O2/c1-8(13-10(11)12)7-9-5-3-2-4-6-9;1-3(2)4(5)6/h2-6,8H,7H2,1H3,(H2,11,12);1H2,2H3,(H,5,6). The maximum Gasteiger partial charge on any atom is 0.404 e. The van der Waals surface area contributed by atoms with E-state index < -0.39 is 12.1 Å². The Morgan fingerprint density at radius 1 is 1.37 bits per heavy atom. The van der Waals surface area contributed by atoms with Crippen LogP contribution in [0.1, 0.15) is 19.4 Å². The summed E-state index contributed by atoms with van der Waals surface area (Å²) >= 11 is 0. The zero-order chi connectivity index (χ0) is 14.8. The molecular formula is C14H19NO4. The Morgan fingerprint density at radius 2 is 1.84 bits per heavy atom. The molecule has 0 bridgehead atoms. The summed E-state index contributed by atoms with van der Waals surface area (Å²) in [4.78, 5) is 20.0. The molecule has 19 heavy (non-hydrogen) atoms. The molecule has 0 spiro atoms. The number of aliphatic carboxylic acids is 1. The number of benzene rings is 1. The third-order valence-corrected chi connectivity index (χ3v) is 2.05. The van der Waals surface area contributed by atoms with Crippen LogP contribution in [0.3, 0.4) is 0 Å². The summed E-state index contributed by atoms with van der Waals surface area (Å²) in [5, 5.41) is 7.89. The molecule has 1 aromatic carbocycles. The summed E-state index contributed by atoms with van der Waals surface area (Å²) in [6.07, 6.45) is -0.188. The van der Waals surface area contributed by atoms with Gasteiger partial charge < -0.3 is 15.6 Å². The molecule has 0 saturated heterocycles. The van der Waals surface area contributed by atoms with Crippen molar-refractivity contribution in [3.63, 3.8) is 0 Å². The molecule has 3 N–H and O–H groups in total. The van der Waals surface area contributed by atoms with Crippen LogP contribution < -0.4 is 5.73 Å². The van der Waals surface area contributed by atoms with Gasteiger partial charge in [0.2, 0.25) is 0 Å². The van der Waals surface area contributed by atoms with Crippen LogP contribution in [0.5, 0.6) is 0 Å². The summed E-state index contributed by atoms with van der Waals surface area (Å²) in [6, 6.07) is 9.82. The van der Waals surface area contributed by atoms with Crippen molar-refractivity contribution in [2.24, 2.45) is 5.73 Å². The van der Waals surface area contributed by atoms with Crippen molar-refractivity contribution >= 4 is 12.1 Å². The maximum atomic E-state index is 10.4. The third kappa shape index (κ3) is 9.41. The Hall–Kier alpha value is -2.30. The van der Waals surface area contributed by atoms with Crippen molar-refractivity contribution in [3.05, 3.63) is 48.0 Å². The van der Waals surface area contributed by atoms with E-state index in [4.69, 9.17) is 15.6 Å². The summed E-state index contributed by atoms with van der Waals surface area (Å²) in [6.45, 7) is 6.42. The van der Waals surface area contributed by atoms with E-state index in [2.05, 4.69) is 6.58 Å². The third-order valence-electron chi connectivity index (χ3n) is 2.05. The lowest BCUT2D eigenvalue weighted by Crippen LogP contribution is -2.21. The first kappa shape index (κ1) is 16.7. The molecule has 0 fully saturated rings. The number of ether oxygens (including phenoxy) is 1. The van der Waals surface area contributed by atoms with E-state index >= 15 is 0 Å². The Labute approximate surface area is 112 Å². The van der Waals surface area contributed by atoms with Crippen LogP contribution in [0.25, 0.3) is 0 Å². The Balaban J connectivity index is 0.000000459. The van der Waals surface area contributed by atoms with E-state index in [-0.39, 0.29) is 11.7 Å². The number of hydrogen-bond acceptors (Lipinski definition) is 3. The summed E-state index contributed by atoms with van der Waals surface area (Å²) < 4.78 is 4.79. The van der Waals surface area contributed by atoms with Crippen LogP contribution in [0.2, 0.25) is 0 Å². The van der Waals surface area contributed by atoms with Crippen LogP contribution >= 0.6 is 0 Å². The molecule has 0 aliphatic carbocycles. The van der Waals surface area contributed by atoms with Crippen molar-refractivity contribution in [3.8, 4) is 0 Å². The second-order valence-corrected chi connectivity index (χ2v) is 4.02. The topological polar surface area (TPSA) is 89.6 Å². The fraction of sp³-hybridized carbons (Fsp3) is 0.286. The molecule has 0 saturated carbocycles. The highest BCUT2D eigenvalue weighted by atomic mass is 16.6. The first-order valence-corrected chi connectivity index (χ1v) is 5.71. The molecule has 1 aromatic rings. The molecule has 0 aliphatic rings. The molecule has 1 atom stereocenters. The molecule has 0 radical (unpaired) electrons. The first-order valence-electron chi connectivity index (χ1n) is 5.71. The Kier molecular flexibility index (Phi) is 7.68. The van der Waals surface area contributed by atoms with Gasteiger partial charge in [-0.3, -0.25) is 0 Å². The molecule has 1 amide bonds. The molecule has 5 heteroatoms. The van der Waals surface area contributed by atoms with E-state index in [0.717, 1.165) is 5.56 Å². The molecule has 0 aromatic heterocycles. The Morgan fingerprint density at radius 3 is 2.21 bits per heavy atom. The molecule has 0 aliphatic heterocycles. The van der Waals surface area contributed by atoms with Crippen molar-refractivity contribution in [2.45, 2.75) is 26.4 Å². The van der Waals surface area contributed by atoms with Crippen LogP contribution in [-0.2, 0) is 16.0 Å². The molecular weight excluding hydrogens is 246 g/mol. The van der Waals surface area contributed by atoms with Crippen LogP contribution in [0.4, 0.5) is 4.79 Å². The summed E-state index contributed by atoms with van der Waals surface area (Å²) in [5.41, 5.74) is 6.20. The predicted octanol–water partition coefficient (Wildman–Crippen LogP) is 2.36. The van der Waals surface area contributed by atoms with Crippen LogP contribution in [0, 0.1) is 0 Å². The second kappa shape index (κ2) is 8.74. The molecule has 5 nitrogen and oxygen atoms in total. The number of carboxylic acids is 1. The zero-order valence-electron chi connectivity index (χ0n) is 11.1. The number of nitrogens with two attached hydrogens (primary N) is 1. The molecule has 1 rings (SSSR count). The van der Waals surface area contributed by atoms with Gasteiger partial charge in [-0.05, 0) is 19.4 Å². The smallest absolute Gasteiger partial charge is 0.404 e. The zero-order valence-corrected chi connectivity index (χ0v) is 11.1. The average molecular weight is 265 g/mol. The van der Waals surface area contributed by atoms with E-state index in [0.29, 0.717) is 6.42 Å². The van der Waals surface area contributed by atoms with E-state index in [1.54, 1.807) is 0 Å². The fourth-order valence-electron chi connectivity index (χ4n) is 1.19. The normalized spacial score (nSPS) is 10.6. The van der Waals surface area contributed by atoms with Crippen molar-refractivity contribution < 1.29 is 19.4 Å². The number of amides is 1. The highest BCUT2D eigenvalue weighted by molar-refractivity contribution is 5.84. The van der Waals surface area contributed by atoms with Crippen LogP contribution in [-0.4, -0.2) is 23.3 Å². The highest BCUT2D eigenvalue weighted by Crippen LogP contribution is 2.04. The summed E-state index contributed by atoms with van der Waals surface area (Å²) in [5.74, 6) is -0.935. The van der Waals surface area contributed by atoms with Gasteiger partial charge in [0, 0.05) is 12.0 Å². The lowest BCUT2D eigenvalue weighted by Gasteiger charge is -2.10. The van der Waals surface area contributed by atoms with E-state index in [1.807, 2.05) is 37.3 Å². The van der Waals surface area contributed by atoms with Gasteiger partial charge in [0.05, 0.1) is 0 Å². The van der Waals surface area contributed by atoms with Gasteiger partial charge in [-0.1, -0.05) is 36.9 Å². The number of rotatable bonds is 4. The number of carboxylic acid groups (broad SMARTS) is 1. The average Bonchev–Trinajstić information content (AvgIpc) is 2.29. The maximum absolute atomic E-state index is 10.4. The van der Waals surface area contributed by atoms with Gasteiger partial charge in [-0.2, -0.15) is 0 Å². The van der Waals surface area contributed by atoms with E-state index in [1.165, 1.54) is 6.92 Å². The number of hydrogen-bond donors (Lipinski definition) is 2. The monoisotopic (exact) mass is 265 g/mol. The van der Waals surface area contributed by atoms with E-state index in [9.17, 15) is 9.59 Å². The Bertz CT molecular complexity index is 416. The number of carbonyl (C=O) groups is 2. The lowest BCUT2D eigenvalue weighted by molar-refractivity contribution is -0.132. The molecule has 0 heterocycles. The second-order valence-electron chi connectivity index (χ2n) is 4.02. The molecule has 1 unspecified atom stereocenters. The lowest BCUT2D eigenvalue weighted by atomic mass is 10.1.